The number of aryl methyl sites for hydroxylation is 3. The minimum Gasteiger partial charge on any atom is -0.325 e. The molecule has 1 N–H and O–H groups in total. The summed E-state index contributed by atoms with van der Waals surface area (Å²) in [6, 6.07) is 9.50. The van der Waals surface area contributed by atoms with Crippen molar-refractivity contribution in [2.24, 2.45) is 5.92 Å². The second kappa shape index (κ2) is 7.41. The van der Waals surface area contributed by atoms with E-state index in [1.54, 1.807) is 11.0 Å². The van der Waals surface area contributed by atoms with Gasteiger partial charge in [0.1, 0.15) is 0 Å². The number of hydrogen-bond acceptors (Lipinski definition) is 2. The second-order valence-corrected chi connectivity index (χ2v) is 8.01. The van der Waals surface area contributed by atoms with Crippen molar-refractivity contribution in [3.05, 3.63) is 56.5 Å². The van der Waals surface area contributed by atoms with Crippen LogP contribution in [0.4, 0.5) is 11.4 Å². The average molecular weight is 436 g/mol. The van der Waals surface area contributed by atoms with Gasteiger partial charge in [-0.3, -0.25) is 9.59 Å². The number of nitrogens with zero attached hydrogens (tertiary/aromatic N) is 1. The van der Waals surface area contributed by atoms with Gasteiger partial charge in [0.05, 0.1) is 10.9 Å². The van der Waals surface area contributed by atoms with Gasteiger partial charge in [-0.25, -0.2) is 0 Å². The first-order valence-electron chi connectivity index (χ1n) is 8.40. The summed E-state index contributed by atoms with van der Waals surface area (Å²) in [6.45, 7) is 6.34. The number of carbonyl (C=O) groups is 2. The molecule has 1 heterocycles. The van der Waals surface area contributed by atoms with Crippen LogP contribution in [0.15, 0.2) is 34.8 Å². The summed E-state index contributed by atoms with van der Waals surface area (Å²) in [7, 11) is 0. The first-order chi connectivity index (χ1) is 12.3. The zero-order valence-corrected chi connectivity index (χ0v) is 17.2. The topological polar surface area (TPSA) is 49.4 Å². The zero-order valence-electron chi connectivity index (χ0n) is 14.9. The van der Waals surface area contributed by atoms with E-state index >= 15 is 0 Å². The molecule has 2 aromatic carbocycles. The molecule has 2 amide bonds. The molecule has 0 unspecified atom stereocenters. The Morgan fingerprint density at radius 1 is 1.15 bits per heavy atom. The van der Waals surface area contributed by atoms with Gasteiger partial charge in [0.15, 0.2) is 0 Å². The SMILES string of the molecule is Cc1ccc(N2C[C@@H](C(=O)Nc3cc(Cl)c(Br)cc3C)CC2=O)cc1C. The van der Waals surface area contributed by atoms with E-state index in [4.69, 9.17) is 11.6 Å². The second-order valence-electron chi connectivity index (χ2n) is 6.74. The Balaban J connectivity index is 1.75. The van der Waals surface area contributed by atoms with E-state index in [9.17, 15) is 9.59 Å². The minimum absolute atomic E-state index is 0.0287. The standard InChI is InChI=1S/C20H20BrClN2O2/c1-11-4-5-15(6-12(11)2)24-10-14(8-19(24)25)20(26)23-18-9-17(22)16(21)7-13(18)3/h4-7,9,14H,8,10H2,1-3H3,(H,23,26)/t14-/m0/s1. The van der Waals surface area contributed by atoms with Crippen LogP contribution in [0.1, 0.15) is 23.1 Å². The van der Waals surface area contributed by atoms with Gasteiger partial charge < -0.3 is 10.2 Å². The number of halogens is 2. The maximum atomic E-state index is 12.7. The van der Waals surface area contributed by atoms with Gasteiger partial charge in [0, 0.05) is 28.8 Å². The van der Waals surface area contributed by atoms with E-state index in [1.807, 2.05) is 45.0 Å². The number of nitrogens with one attached hydrogen (secondary N) is 1. The smallest absolute Gasteiger partial charge is 0.229 e. The molecular weight excluding hydrogens is 416 g/mol. The molecule has 0 bridgehead atoms. The summed E-state index contributed by atoms with van der Waals surface area (Å²) >= 11 is 9.49. The monoisotopic (exact) mass is 434 g/mol. The molecule has 1 aliphatic heterocycles. The highest BCUT2D eigenvalue weighted by atomic mass is 79.9. The van der Waals surface area contributed by atoms with Crippen molar-refractivity contribution >= 4 is 50.7 Å². The van der Waals surface area contributed by atoms with Crippen molar-refractivity contribution in [2.75, 3.05) is 16.8 Å². The zero-order chi connectivity index (χ0) is 19.0. The number of hydrogen-bond donors (Lipinski definition) is 1. The normalized spacial score (nSPS) is 16.9. The molecule has 6 heteroatoms. The van der Waals surface area contributed by atoms with Crippen molar-refractivity contribution in [3.63, 3.8) is 0 Å². The highest BCUT2D eigenvalue weighted by Gasteiger charge is 2.35. The van der Waals surface area contributed by atoms with Crippen LogP contribution < -0.4 is 10.2 Å². The largest absolute Gasteiger partial charge is 0.325 e. The lowest BCUT2D eigenvalue weighted by Crippen LogP contribution is -2.28. The summed E-state index contributed by atoms with van der Waals surface area (Å²) in [6.07, 6.45) is 0.210. The Labute approximate surface area is 166 Å². The van der Waals surface area contributed by atoms with E-state index in [0.717, 1.165) is 21.3 Å². The molecule has 136 valence electrons. The third kappa shape index (κ3) is 3.79. The fourth-order valence-electron chi connectivity index (χ4n) is 3.04. The molecule has 2 aromatic rings. The first kappa shape index (κ1) is 18.9. The predicted molar refractivity (Wildman–Crippen MR) is 109 cm³/mol. The number of amides is 2. The van der Waals surface area contributed by atoms with E-state index in [1.165, 1.54) is 5.56 Å². The quantitative estimate of drug-likeness (QED) is 0.736. The Kier molecular flexibility index (Phi) is 5.39. The summed E-state index contributed by atoms with van der Waals surface area (Å²) in [5.41, 5.74) is 4.72. The summed E-state index contributed by atoms with van der Waals surface area (Å²) < 4.78 is 0.784. The van der Waals surface area contributed by atoms with Crippen molar-refractivity contribution in [1.82, 2.24) is 0 Å². The molecule has 0 aliphatic carbocycles. The number of benzene rings is 2. The molecule has 3 rings (SSSR count). The van der Waals surface area contributed by atoms with Gasteiger partial charge in [0.2, 0.25) is 11.8 Å². The van der Waals surface area contributed by atoms with Gasteiger partial charge in [-0.15, -0.1) is 0 Å². The number of carbonyl (C=O) groups excluding carboxylic acids is 2. The van der Waals surface area contributed by atoms with Gasteiger partial charge in [0.25, 0.3) is 0 Å². The van der Waals surface area contributed by atoms with Gasteiger partial charge >= 0.3 is 0 Å². The highest BCUT2D eigenvalue weighted by molar-refractivity contribution is 9.10. The summed E-state index contributed by atoms with van der Waals surface area (Å²) in [4.78, 5) is 26.8. The molecule has 0 radical (unpaired) electrons. The van der Waals surface area contributed by atoms with Crippen LogP contribution in [0.5, 0.6) is 0 Å². The molecule has 1 fully saturated rings. The van der Waals surface area contributed by atoms with Crippen LogP contribution in [0.25, 0.3) is 0 Å². The van der Waals surface area contributed by atoms with Gasteiger partial charge in [-0.05, 0) is 77.7 Å². The minimum atomic E-state index is -0.383. The molecule has 0 saturated carbocycles. The lowest BCUT2D eigenvalue weighted by molar-refractivity contribution is -0.122. The van der Waals surface area contributed by atoms with Crippen molar-refractivity contribution in [2.45, 2.75) is 27.2 Å². The Hall–Kier alpha value is -1.85. The molecular formula is C20H20BrClN2O2. The molecule has 0 spiro atoms. The van der Waals surface area contributed by atoms with Crippen LogP contribution >= 0.6 is 27.5 Å². The number of anilines is 2. The molecule has 1 aliphatic rings. The third-order valence-corrected chi connectivity index (χ3v) is 6.02. The summed E-state index contributed by atoms with van der Waals surface area (Å²) in [5.74, 6) is -0.573. The lowest BCUT2D eigenvalue weighted by atomic mass is 10.1. The Morgan fingerprint density at radius 2 is 1.88 bits per heavy atom. The van der Waals surface area contributed by atoms with Crippen LogP contribution in [0.2, 0.25) is 5.02 Å². The van der Waals surface area contributed by atoms with Crippen LogP contribution in [-0.4, -0.2) is 18.4 Å². The van der Waals surface area contributed by atoms with E-state index in [2.05, 4.69) is 21.2 Å². The average Bonchev–Trinajstić information content (AvgIpc) is 2.97. The van der Waals surface area contributed by atoms with Crippen LogP contribution in [-0.2, 0) is 9.59 Å². The third-order valence-electron chi connectivity index (χ3n) is 4.82. The Bertz CT molecular complexity index is 898. The first-order valence-corrected chi connectivity index (χ1v) is 9.57. The van der Waals surface area contributed by atoms with Crippen molar-refractivity contribution in [3.8, 4) is 0 Å². The van der Waals surface area contributed by atoms with E-state index < -0.39 is 0 Å². The Morgan fingerprint density at radius 3 is 2.58 bits per heavy atom. The molecule has 4 nitrogen and oxygen atoms in total. The molecule has 1 atom stereocenters. The summed E-state index contributed by atoms with van der Waals surface area (Å²) in [5, 5.41) is 3.44. The highest BCUT2D eigenvalue weighted by Crippen LogP contribution is 2.31. The number of rotatable bonds is 3. The van der Waals surface area contributed by atoms with E-state index in [-0.39, 0.29) is 24.2 Å². The van der Waals surface area contributed by atoms with Crippen molar-refractivity contribution < 1.29 is 9.59 Å². The van der Waals surface area contributed by atoms with Crippen molar-refractivity contribution in [1.29, 1.82) is 0 Å². The van der Waals surface area contributed by atoms with Gasteiger partial charge in [-0.2, -0.15) is 0 Å². The lowest BCUT2D eigenvalue weighted by Gasteiger charge is -2.18. The molecule has 0 aromatic heterocycles. The maximum absolute atomic E-state index is 12.7. The van der Waals surface area contributed by atoms with Gasteiger partial charge in [-0.1, -0.05) is 17.7 Å². The predicted octanol–water partition coefficient (Wildman–Crippen LogP) is 5.02. The fourth-order valence-corrected chi connectivity index (χ4v) is 3.66. The molecule has 1 saturated heterocycles. The van der Waals surface area contributed by atoms with Crippen LogP contribution in [0, 0.1) is 26.7 Å². The van der Waals surface area contributed by atoms with Crippen LogP contribution in [0.3, 0.4) is 0 Å². The van der Waals surface area contributed by atoms with E-state index in [0.29, 0.717) is 17.3 Å². The fraction of sp³-hybridized carbons (Fsp3) is 0.300. The maximum Gasteiger partial charge on any atom is 0.229 e. The molecule has 26 heavy (non-hydrogen) atoms.